The summed E-state index contributed by atoms with van der Waals surface area (Å²) in [5.41, 5.74) is 0.0972. The van der Waals surface area contributed by atoms with Crippen LogP contribution in [0.3, 0.4) is 0 Å². The molecule has 0 radical (unpaired) electrons. The van der Waals surface area contributed by atoms with Gasteiger partial charge in [0.25, 0.3) is 0 Å². The molecule has 0 spiro atoms. The van der Waals surface area contributed by atoms with Crippen LogP contribution in [0.25, 0.3) is 11.0 Å². The van der Waals surface area contributed by atoms with Gasteiger partial charge in [-0.15, -0.1) is 0 Å². The molecule has 0 fully saturated rings. The first-order chi connectivity index (χ1) is 8.04. The first-order valence-corrected chi connectivity index (χ1v) is 5.13. The molecule has 4 nitrogen and oxygen atoms in total. The fourth-order valence-corrected chi connectivity index (χ4v) is 1.72. The predicted octanol–water partition coefficient (Wildman–Crippen LogP) is 2.76. The van der Waals surface area contributed by atoms with Crippen molar-refractivity contribution in [1.29, 1.82) is 0 Å². The Morgan fingerprint density at radius 3 is 2.88 bits per heavy atom. The van der Waals surface area contributed by atoms with E-state index in [4.69, 9.17) is 9.15 Å². The molecule has 90 valence electrons. The Kier molecular flexibility index (Phi) is 2.75. The predicted molar refractivity (Wildman–Crippen MR) is 58.5 cm³/mol. The molecule has 1 aromatic heterocycles. The number of fused-ring (bicyclic) bond motifs is 1. The van der Waals surface area contributed by atoms with E-state index in [1.807, 2.05) is 0 Å². The molecule has 17 heavy (non-hydrogen) atoms. The van der Waals surface area contributed by atoms with Crippen LogP contribution in [0.15, 0.2) is 16.5 Å². The first kappa shape index (κ1) is 11.4. The normalized spacial score (nSPS) is 10.8. The summed E-state index contributed by atoms with van der Waals surface area (Å²) >= 11 is 0. The summed E-state index contributed by atoms with van der Waals surface area (Å²) in [7, 11) is 0. The van der Waals surface area contributed by atoms with Crippen LogP contribution in [0.2, 0.25) is 0 Å². The lowest BCUT2D eigenvalue weighted by Gasteiger charge is -2.00. The fraction of sp³-hybridized carbons (Fsp3) is 0.250. The number of hydrogen-bond donors (Lipinski definition) is 1. The Bertz CT molecular complexity index is 586. The maximum Gasteiger partial charge on any atom is 0.342 e. The molecule has 2 rings (SSSR count). The van der Waals surface area contributed by atoms with Crippen LogP contribution >= 0.6 is 0 Å². The molecule has 0 amide bonds. The van der Waals surface area contributed by atoms with Crippen LogP contribution in [0.4, 0.5) is 4.39 Å². The molecule has 0 aliphatic rings. The third-order valence-electron chi connectivity index (χ3n) is 2.38. The minimum absolute atomic E-state index is 0.0525. The number of halogens is 1. The molecule has 0 aliphatic carbocycles. The second-order valence-electron chi connectivity index (χ2n) is 3.56. The molecule has 1 N–H and O–H groups in total. The molecule has 1 heterocycles. The molecular formula is C12H11FO4. The molecular weight excluding hydrogens is 227 g/mol. The van der Waals surface area contributed by atoms with Crippen molar-refractivity contribution in [2.24, 2.45) is 0 Å². The molecule has 1 aromatic carbocycles. The van der Waals surface area contributed by atoms with Crippen molar-refractivity contribution in [3.8, 4) is 5.75 Å². The molecule has 0 saturated heterocycles. The van der Waals surface area contributed by atoms with Gasteiger partial charge < -0.3 is 14.3 Å². The van der Waals surface area contributed by atoms with Crippen molar-refractivity contribution in [3.05, 3.63) is 29.3 Å². The number of phenolic OH excluding ortho intramolecular Hbond substituents is 1. The molecule has 0 unspecified atom stereocenters. The minimum atomic E-state index is -0.710. The van der Waals surface area contributed by atoms with E-state index in [0.29, 0.717) is 0 Å². The molecule has 2 aromatic rings. The average molecular weight is 238 g/mol. The van der Waals surface area contributed by atoms with Crippen LogP contribution < -0.4 is 0 Å². The Hall–Kier alpha value is -2.04. The highest BCUT2D eigenvalue weighted by atomic mass is 19.1. The number of rotatable bonds is 2. The van der Waals surface area contributed by atoms with E-state index >= 15 is 0 Å². The van der Waals surface area contributed by atoms with Gasteiger partial charge in [0.2, 0.25) is 0 Å². The van der Waals surface area contributed by atoms with E-state index in [0.717, 1.165) is 6.07 Å². The lowest BCUT2D eigenvalue weighted by molar-refractivity contribution is 0.0526. The van der Waals surface area contributed by atoms with E-state index in [1.54, 1.807) is 13.8 Å². The topological polar surface area (TPSA) is 59.7 Å². The zero-order chi connectivity index (χ0) is 12.6. The summed E-state index contributed by atoms with van der Waals surface area (Å²) in [6.45, 7) is 3.43. The van der Waals surface area contributed by atoms with Crippen molar-refractivity contribution in [2.75, 3.05) is 6.61 Å². The second-order valence-corrected chi connectivity index (χ2v) is 3.56. The largest absolute Gasteiger partial charge is 0.508 e. The number of esters is 1. The number of benzene rings is 1. The Morgan fingerprint density at radius 2 is 2.24 bits per heavy atom. The molecule has 5 heteroatoms. The highest BCUT2D eigenvalue weighted by Crippen LogP contribution is 2.31. The number of aromatic hydroxyl groups is 1. The number of carbonyl (C=O) groups is 1. The van der Waals surface area contributed by atoms with Crippen LogP contribution in [0.1, 0.15) is 23.0 Å². The smallest absolute Gasteiger partial charge is 0.342 e. The van der Waals surface area contributed by atoms with Crippen LogP contribution in [0, 0.1) is 12.7 Å². The average Bonchev–Trinajstić information content (AvgIpc) is 2.55. The third-order valence-corrected chi connectivity index (χ3v) is 2.38. The molecule has 0 saturated carbocycles. The van der Waals surface area contributed by atoms with E-state index in [-0.39, 0.29) is 34.6 Å². The van der Waals surface area contributed by atoms with Crippen molar-refractivity contribution in [3.63, 3.8) is 0 Å². The Labute approximate surface area is 96.6 Å². The van der Waals surface area contributed by atoms with Crippen LogP contribution in [0.5, 0.6) is 5.75 Å². The number of aryl methyl sites for hydroxylation is 1. The zero-order valence-electron chi connectivity index (χ0n) is 9.41. The van der Waals surface area contributed by atoms with E-state index in [1.165, 1.54) is 6.07 Å². The molecule has 0 atom stereocenters. The van der Waals surface area contributed by atoms with Crippen molar-refractivity contribution < 1.29 is 23.4 Å². The molecule has 0 aliphatic heterocycles. The number of furan rings is 1. The summed E-state index contributed by atoms with van der Waals surface area (Å²) in [6.07, 6.45) is 0. The highest BCUT2D eigenvalue weighted by molar-refractivity contribution is 6.05. The lowest BCUT2D eigenvalue weighted by atomic mass is 10.1. The van der Waals surface area contributed by atoms with Gasteiger partial charge in [-0.2, -0.15) is 0 Å². The maximum absolute atomic E-state index is 13.5. The summed E-state index contributed by atoms with van der Waals surface area (Å²) in [5, 5.41) is 9.54. The van der Waals surface area contributed by atoms with Crippen molar-refractivity contribution in [1.82, 2.24) is 0 Å². The van der Waals surface area contributed by atoms with Gasteiger partial charge in [0.1, 0.15) is 17.1 Å². The van der Waals surface area contributed by atoms with Gasteiger partial charge >= 0.3 is 5.97 Å². The second kappa shape index (κ2) is 4.08. The van der Waals surface area contributed by atoms with Gasteiger partial charge in [-0.05, 0) is 19.9 Å². The summed E-state index contributed by atoms with van der Waals surface area (Å²) < 4.78 is 23.5. The number of ether oxygens (including phenoxy) is 1. The van der Waals surface area contributed by atoms with Gasteiger partial charge in [-0.25, -0.2) is 9.18 Å². The van der Waals surface area contributed by atoms with Gasteiger partial charge in [0.15, 0.2) is 11.4 Å². The van der Waals surface area contributed by atoms with Gasteiger partial charge in [-0.1, -0.05) is 0 Å². The van der Waals surface area contributed by atoms with Gasteiger partial charge in [-0.3, -0.25) is 0 Å². The summed E-state index contributed by atoms with van der Waals surface area (Å²) in [6, 6.07) is 2.21. The van der Waals surface area contributed by atoms with E-state index in [9.17, 15) is 14.3 Å². The van der Waals surface area contributed by atoms with Gasteiger partial charge in [0, 0.05) is 11.5 Å². The van der Waals surface area contributed by atoms with E-state index in [2.05, 4.69) is 0 Å². The standard InChI is InChI=1S/C12H11FO4/c1-3-16-12(15)10-6(2)17-11-8(10)4-7(14)5-9(11)13/h4-5,14H,3H2,1-2H3. The Balaban J connectivity index is 2.70. The maximum atomic E-state index is 13.5. The lowest BCUT2D eigenvalue weighted by Crippen LogP contribution is -2.05. The monoisotopic (exact) mass is 238 g/mol. The van der Waals surface area contributed by atoms with Crippen LogP contribution in [-0.4, -0.2) is 17.7 Å². The Morgan fingerprint density at radius 1 is 1.53 bits per heavy atom. The summed E-state index contributed by atoms with van der Waals surface area (Å²) in [4.78, 5) is 11.7. The van der Waals surface area contributed by atoms with Crippen LogP contribution in [-0.2, 0) is 4.74 Å². The van der Waals surface area contributed by atoms with Crippen molar-refractivity contribution in [2.45, 2.75) is 13.8 Å². The van der Waals surface area contributed by atoms with Crippen molar-refractivity contribution >= 4 is 16.9 Å². The highest BCUT2D eigenvalue weighted by Gasteiger charge is 2.22. The SMILES string of the molecule is CCOC(=O)c1c(C)oc2c(F)cc(O)cc12. The molecule has 0 bridgehead atoms. The fourth-order valence-electron chi connectivity index (χ4n) is 1.72. The number of hydrogen-bond acceptors (Lipinski definition) is 4. The number of phenols is 1. The summed E-state index contributed by atoms with van der Waals surface area (Å²) in [5.74, 6) is -1.29. The third kappa shape index (κ3) is 1.84. The zero-order valence-corrected chi connectivity index (χ0v) is 9.41. The van der Waals surface area contributed by atoms with E-state index < -0.39 is 11.8 Å². The van der Waals surface area contributed by atoms with Gasteiger partial charge in [0.05, 0.1) is 6.61 Å². The first-order valence-electron chi connectivity index (χ1n) is 5.13. The quantitative estimate of drug-likeness (QED) is 0.817. The number of carbonyl (C=O) groups excluding carboxylic acids is 1. The minimum Gasteiger partial charge on any atom is -0.508 e.